The number of carbonyl (C=O) groups is 2. The number of hydrogen-bond acceptors (Lipinski definition) is 6. The van der Waals surface area contributed by atoms with Crippen LogP contribution < -0.4 is 14.2 Å². The van der Waals surface area contributed by atoms with E-state index in [1.807, 2.05) is 50.2 Å². The fraction of sp³-hybridized carbons (Fsp3) is 0.321. The molecule has 1 heterocycles. The van der Waals surface area contributed by atoms with Crippen molar-refractivity contribution in [2.45, 2.75) is 33.6 Å². The first-order valence-electron chi connectivity index (χ1n) is 11.6. The van der Waals surface area contributed by atoms with Gasteiger partial charge in [-0.25, -0.2) is 0 Å². The monoisotopic (exact) mass is 474 g/mol. The van der Waals surface area contributed by atoms with E-state index in [0.29, 0.717) is 47.8 Å². The number of amides is 2. The number of carbonyl (C=O) groups excluding carboxylic acids is 2. The van der Waals surface area contributed by atoms with E-state index < -0.39 is 11.8 Å². The Kier molecular flexibility index (Phi) is 8.69. The maximum absolute atomic E-state index is 13.4. The first-order valence-corrected chi connectivity index (χ1v) is 11.6. The number of nitriles is 1. The van der Waals surface area contributed by atoms with Crippen molar-refractivity contribution in [1.29, 1.82) is 5.26 Å². The molecule has 0 aliphatic carbocycles. The van der Waals surface area contributed by atoms with Gasteiger partial charge in [-0.15, -0.1) is 0 Å². The number of imide groups is 1. The molecule has 1 aliphatic rings. The van der Waals surface area contributed by atoms with Crippen molar-refractivity contribution in [1.82, 2.24) is 4.90 Å². The molecular weight excluding hydrogens is 444 g/mol. The summed E-state index contributed by atoms with van der Waals surface area (Å²) >= 11 is 0. The first kappa shape index (κ1) is 25.6. The molecule has 0 saturated carbocycles. The molecule has 1 aliphatic heterocycles. The van der Waals surface area contributed by atoms with E-state index in [0.717, 1.165) is 22.6 Å². The summed E-state index contributed by atoms with van der Waals surface area (Å²) in [6.45, 7) is 6.73. The Bertz CT molecular complexity index is 1190. The van der Waals surface area contributed by atoms with Crippen molar-refractivity contribution in [3.05, 3.63) is 70.3 Å². The van der Waals surface area contributed by atoms with Gasteiger partial charge in [0.25, 0.3) is 11.8 Å². The standard InChI is InChI=1S/C28H30N2O5/c1-5-15-35-25-12-9-21(17-26(25)34-6-2)16-23-19(3)24(18-29)28(32)30(27(23)31)14-13-20-7-10-22(33-4)11-8-20/h7-12,16-17H,5-6,13-15H2,1-4H3/b23-16+. The zero-order valence-electron chi connectivity index (χ0n) is 20.6. The van der Waals surface area contributed by atoms with Gasteiger partial charge in [-0.3, -0.25) is 14.5 Å². The molecule has 7 heteroatoms. The summed E-state index contributed by atoms with van der Waals surface area (Å²) in [5.41, 5.74) is 2.30. The molecule has 0 radical (unpaired) electrons. The van der Waals surface area contributed by atoms with Crippen LogP contribution in [0.15, 0.2) is 59.2 Å². The molecule has 3 rings (SSSR count). The van der Waals surface area contributed by atoms with Gasteiger partial charge in [-0.2, -0.15) is 5.26 Å². The van der Waals surface area contributed by atoms with E-state index in [1.165, 1.54) is 0 Å². The average Bonchev–Trinajstić information content (AvgIpc) is 2.87. The van der Waals surface area contributed by atoms with Crippen molar-refractivity contribution < 1.29 is 23.8 Å². The number of ether oxygens (including phenoxy) is 3. The lowest BCUT2D eigenvalue weighted by atomic mass is 9.93. The molecule has 182 valence electrons. The Labute approximate surface area is 206 Å². The molecule has 2 amide bonds. The molecule has 0 saturated heterocycles. The Morgan fingerprint density at radius 2 is 1.74 bits per heavy atom. The van der Waals surface area contributed by atoms with Crippen LogP contribution in [0.5, 0.6) is 17.2 Å². The molecule has 0 aromatic heterocycles. The minimum atomic E-state index is -0.570. The largest absolute Gasteiger partial charge is 0.497 e. The molecule has 0 unspecified atom stereocenters. The van der Waals surface area contributed by atoms with Crippen LogP contribution in [0, 0.1) is 11.3 Å². The topological polar surface area (TPSA) is 88.9 Å². The highest BCUT2D eigenvalue weighted by Crippen LogP contribution is 2.32. The van der Waals surface area contributed by atoms with Gasteiger partial charge in [0, 0.05) is 12.1 Å². The van der Waals surface area contributed by atoms with Gasteiger partial charge >= 0.3 is 0 Å². The quantitative estimate of drug-likeness (QED) is 0.366. The summed E-state index contributed by atoms with van der Waals surface area (Å²) in [5, 5.41) is 9.65. The van der Waals surface area contributed by atoms with Crippen molar-refractivity contribution in [3.8, 4) is 23.3 Å². The Hall–Kier alpha value is -4.05. The second-order valence-electron chi connectivity index (χ2n) is 8.02. The van der Waals surface area contributed by atoms with E-state index in [4.69, 9.17) is 14.2 Å². The third-order valence-electron chi connectivity index (χ3n) is 5.65. The lowest BCUT2D eigenvalue weighted by molar-refractivity contribution is -0.140. The van der Waals surface area contributed by atoms with Gasteiger partial charge in [0.05, 0.1) is 20.3 Å². The molecule has 7 nitrogen and oxygen atoms in total. The van der Waals surface area contributed by atoms with Crippen LogP contribution >= 0.6 is 0 Å². The zero-order valence-corrected chi connectivity index (χ0v) is 20.6. The second kappa shape index (κ2) is 11.9. The molecular formula is C28H30N2O5. The highest BCUT2D eigenvalue weighted by molar-refractivity contribution is 6.19. The Balaban J connectivity index is 1.92. The number of benzene rings is 2. The Morgan fingerprint density at radius 1 is 1.00 bits per heavy atom. The number of methoxy groups -OCH3 is 1. The lowest BCUT2D eigenvalue weighted by Crippen LogP contribution is -2.43. The van der Waals surface area contributed by atoms with Crippen LogP contribution in [0.1, 0.15) is 38.3 Å². The lowest BCUT2D eigenvalue weighted by Gasteiger charge is -2.27. The van der Waals surface area contributed by atoms with Crippen molar-refractivity contribution in [2.75, 3.05) is 26.9 Å². The molecule has 2 aromatic carbocycles. The number of rotatable bonds is 10. The minimum absolute atomic E-state index is 0.0292. The number of hydrogen-bond donors (Lipinski definition) is 0. The maximum atomic E-state index is 13.4. The molecule has 0 bridgehead atoms. The predicted octanol–water partition coefficient (Wildman–Crippen LogP) is 4.72. The summed E-state index contributed by atoms with van der Waals surface area (Å²) in [6.07, 6.45) is 3.02. The van der Waals surface area contributed by atoms with Gasteiger partial charge in [-0.05, 0) is 73.7 Å². The predicted molar refractivity (Wildman–Crippen MR) is 133 cm³/mol. The third-order valence-corrected chi connectivity index (χ3v) is 5.65. The van der Waals surface area contributed by atoms with Crippen LogP contribution in [0.4, 0.5) is 0 Å². The van der Waals surface area contributed by atoms with Crippen molar-refractivity contribution in [3.63, 3.8) is 0 Å². The van der Waals surface area contributed by atoms with E-state index in [9.17, 15) is 14.9 Å². The molecule has 0 atom stereocenters. The van der Waals surface area contributed by atoms with Crippen LogP contribution in [0.3, 0.4) is 0 Å². The average molecular weight is 475 g/mol. The number of nitrogens with zero attached hydrogens (tertiary/aromatic N) is 2. The Morgan fingerprint density at radius 3 is 2.37 bits per heavy atom. The van der Waals surface area contributed by atoms with Gasteiger partial charge in [0.2, 0.25) is 0 Å². The van der Waals surface area contributed by atoms with Gasteiger partial charge in [0.15, 0.2) is 11.5 Å². The van der Waals surface area contributed by atoms with E-state index in [1.54, 1.807) is 32.2 Å². The third kappa shape index (κ3) is 5.90. The fourth-order valence-corrected chi connectivity index (χ4v) is 3.75. The van der Waals surface area contributed by atoms with Gasteiger partial charge in [-0.1, -0.05) is 25.1 Å². The zero-order chi connectivity index (χ0) is 25.4. The second-order valence-corrected chi connectivity index (χ2v) is 8.02. The van der Waals surface area contributed by atoms with Crippen LogP contribution in [0.25, 0.3) is 6.08 Å². The van der Waals surface area contributed by atoms with Crippen LogP contribution in [-0.2, 0) is 16.0 Å². The molecule has 35 heavy (non-hydrogen) atoms. The van der Waals surface area contributed by atoms with Gasteiger partial charge in [0.1, 0.15) is 17.4 Å². The summed E-state index contributed by atoms with van der Waals surface area (Å²) in [7, 11) is 1.59. The molecule has 2 aromatic rings. The van der Waals surface area contributed by atoms with E-state index >= 15 is 0 Å². The smallest absolute Gasteiger partial charge is 0.271 e. The first-order chi connectivity index (χ1) is 16.9. The van der Waals surface area contributed by atoms with Crippen LogP contribution in [0.2, 0.25) is 0 Å². The summed E-state index contributed by atoms with van der Waals surface area (Å²) in [6, 6.07) is 14.8. The van der Waals surface area contributed by atoms with E-state index in [-0.39, 0.29) is 12.1 Å². The maximum Gasteiger partial charge on any atom is 0.271 e. The molecule has 0 spiro atoms. The summed E-state index contributed by atoms with van der Waals surface area (Å²) < 4.78 is 16.7. The summed E-state index contributed by atoms with van der Waals surface area (Å²) in [5.74, 6) is 0.940. The fourth-order valence-electron chi connectivity index (χ4n) is 3.75. The highest BCUT2D eigenvalue weighted by Gasteiger charge is 2.35. The van der Waals surface area contributed by atoms with Crippen LogP contribution in [-0.4, -0.2) is 43.6 Å². The minimum Gasteiger partial charge on any atom is -0.497 e. The van der Waals surface area contributed by atoms with Crippen molar-refractivity contribution in [2.24, 2.45) is 0 Å². The highest BCUT2D eigenvalue weighted by atomic mass is 16.5. The normalized spacial score (nSPS) is 14.8. The molecule has 0 fully saturated rings. The SMILES string of the molecule is CCCOc1ccc(/C=C2/C(=O)N(CCc3ccc(OC)cc3)C(=O)C(C#N)=C2C)cc1OCC. The summed E-state index contributed by atoms with van der Waals surface area (Å²) in [4.78, 5) is 27.4. The van der Waals surface area contributed by atoms with Crippen molar-refractivity contribution >= 4 is 17.9 Å². The molecule has 0 N–H and O–H groups in total. The van der Waals surface area contributed by atoms with Gasteiger partial charge < -0.3 is 14.2 Å². The van der Waals surface area contributed by atoms with E-state index in [2.05, 4.69) is 0 Å².